The van der Waals surface area contributed by atoms with Crippen molar-refractivity contribution in [1.82, 2.24) is 0 Å². The highest BCUT2D eigenvalue weighted by Gasteiger charge is 2.63. The molecule has 0 saturated heterocycles. The van der Waals surface area contributed by atoms with E-state index in [1.807, 2.05) is 0 Å². The van der Waals surface area contributed by atoms with Crippen LogP contribution in [0, 0.1) is 0 Å². The highest BCUT2D eigenvalue weighted by molar-refractivity contribution is 5.81. The van der Waals surface area contributed by atoms with Crippen LogP contribution in [0.15, 0.2) is 11.6 Å². The van der Waals surface area contributed by atoms with Crippen LogP contribution in [0.2, 0.25) is 0 Å². The second kappa shape index (κ2) is 3.84. The van der Waals surface area contributed by atoms with Crippen LogP contribution in [0.1, 0.15) is 13.3 Å². The standard InChI is InChI=1S/C9H11F3O3/c1-6-3-4-15-8(5-6,7(13)14-2)9(10,11)12/h3H,4-5H2,1-2H3/t8-/m0/s1. The van der Waals surface area contributed by atoms with Crippen molar-refractivity contribution in [3.05, 3.63) is 11.6 Å². The van der Waals surface area contributed by atoms with Gasteiger partial charge in [0, 0.05) is 6.42 Å². The summed E-state index contributed by atoms with van der Waals surface area (Å²) < 4.78 is 47.0. The van der Waals surface area contributed by atoms with Crippen LogP contribution in [0.3, 0.4) is 0 Å². The molecule has 0 fully saturated rings. The predicted molar refractivity (Wildman–Crippen MR) is 45.1 cm³/mol. The van der Waals surface area contributed by atoms with E-state index >= 15 is 0 Å². The molecule has 1 heterocycles. The molecule has 0 aromatic rings. The maximum Gasteiger partial charge on any atom is 0.428 e. The van der Waals surface area contributed by atoms with Gasteiger partial charge in [0.2, 0.25) is 0 Å². The first-order valence-electron chi connectivity index (χ1n) is 4.28. The summed E-state index contributed by atoms with van der Waals surface area (Å²) in [5.74, 6) is -1.40. The molecule has 0 N–H and O–H groups in total. The molecule has 0 aromatic heterocycles. The third-order valence-electron chi connectivity index (χ3n) is 2.26. The fourth-order valence-electron chi connectivity index (χ4n) is 1.44. The Bertz CT molecular complexity index is 295. The Hall–Kier alpha value is -1.04. The number of halogens is 3. The quantitative estimate of drug-likeness (QED) is 0.503. The minimum atomic E-state index is -4.77. The summed E-state index contributed by atoms with van der Waals surface area (Å²) in [6.07, 6.45) is -3.77. The second-order valence-electron chi connectivity index (χ2n) is 3.35. The van der Waals surface area contributed by atoms with E-state index < -0.39 is 24.2 Å². The molecular formula is C9H11F3O3. The summed E-state index contributed by atoms with van der Waals surface area (Å²) in [5, 5.41) is 0. The SMILES string of the molecule is COC(=O)[C@]1(C(F)(F)F)CC(C)=CCO1. The Morgan fingerprint density at radius 3 is 2.60 bits per heavy atom. The molecule has 3 nitrogen and oxygen atoms in total. The summed E-state index contributed by atoms with van der Waals surface area (Å²) in [4.78, 5) is 11.2. The van der Waals surface area contributed by atoms with E-state index in [-0.39, 0.29) is 6.61 Å². The van der Waals surface area contributed by atoms with Crippen molar-refractivity contribution in [3.8, 4) is 0 Å². The van der Waals surface area contributed by atoms with Gasteiger partial charge in [0.05, 0.1) is 13.7 Å². The molecule has 0 unspecified atom stereocenters. The minimum Gasteiger partial charge on any atom is -0.467 e. The maximum absolute atomic E-state index is 12.8. The molecule has 1 atom stereocenters. The normalized spacial score (nSPS) is 27.1. The third kappa shape index (κ3) is 1.99. The summed E-state index contributed by atoms with van der Waals surface area (Å²) in [5.41, 5.74) is -2.37. The number of carbonyl (C=O) groups is 1. The highest BCUT2D eigenvalue weighted by atomic mass is 19.4. The van der Waals surface area contributed by atoms with Crippen molar-refractivity contribution in [2.45, 2.75) is 25.1 Å². The number of hydrogen-bond acceptors (Lipinski definition) is 3. The number of methoxy groups -OCH3 is 1. The highest BCUT2D eigenvalue weighted by Crippen LogP contribution is 2.41. The largest absolute Gasteiger partial charge is 0.467 e. The second-order valence-corrected chi connectivity index (χ2v) is 3.35. The smallest absolute Gasteiger partial charge is 0.428 e. The summed E-state index contributed by atoms with van der Waals surface area (Å²) in [6.45, 7) is 1.28. The molecule has 0 spiro atoms. The number of alkyl halides is 3. The Morgan fingerprint density at radius 2 is 2.20 bits per heavy atom. The van der Waals surface area contributed by atoms with Gasteiger partial charge in [0.15, 0.2) is 0 Å². The number of ether oxygens (including phenoxy) is 2. The topological polar surface area (TPSA) is 35.5 Å². The van der Waals surface area contributed by atoms with Gasteiger partial charge in [-0.05, 0) is 6.92 Å². The van der Waals surface area contributed by atoms with Gasteiger partial charge in [0.25, 0.3) is 5.60 Å². The van der Waals surface area contributed by atoms with Crippen molar-refractivity contribution in [1.29, 1.82) is 0 Å². The first kappa shape index (κ1) is 12.0. The zero-order valence-electron chi connectivity index (χ0n) is 8.35. The lowest BCUT2D eigenvalue weighted by Crippen LogP contribution is -2.56. The molecule has 0 saturated carbocycles. The zero-order chi connectivity index (χ0) is 11.7. The van der Waals surface area contributed by atoms with Crippen LogP contribution in [0.25, 0.3) is 0 Å². The molecule has 0 aromatic carbocycles. The molecule has 15 heavy (non-hydrogen) atoms. The van der Waals surface area contributed by atoms with E-state index in [2.05, 4.69) is 9.47 Å². The predicted octanol–water partition coefficient (Wildman–Crippen LogP) is 1.83. The van der Waals surface area contributed by atoms with Crippen molar-refractivity contribution < 1.29 is 27.4 Å². The van der Waals surface area contributed by atoms with Crippen LogP contribution in [-0.4, -0.2) is 31.5 Å². The Morgan fingerprint density at radius 1 is 1.60 bits per heavy atom. The lowest BCUT2D eigenvalue weighted by molar-refractivity contribution is -0.275. The average molecular weight is 224 g/mol. The van der Waals surface area contributed by atoms with E-state index in [1.165, 1.54) is 13.0 Å². The first-order valence-corrected chi connectivity index (χ1v) is 4.28. The van der Waals surface area contributed by atoms with Crippen LogP contribution >= 0.6 is 0 Å². The van der Waals surface area contributed by atoms with Gasteiger partial charge in [-0.2, -0.15) is 13.2 Å². The van der Waals surface area contributed by atoms with E-state index in [9.17, 15) is 18.0 Å². The van der Waals surface area contributed by atoms with E-state index in [1.54, 1.807) is 0 Å². The average Bonchev–Trinajstić information content (AvgIpc) is 2.14. The summed E-state index contributed by atoms with van der Waals surface area (Å²) in [6, 6.07) is 0. The number of esters is 1. The fraction of sp³-hybridized carbons (Fsp3) is 0.667. The molecule has 1 rings (SSSR count). The van der Waals surface area contributed by atoms with Gasteiger partial charge in [-0.25, -0.2) is 4.79 Å². The van der Waals surface area contributed by atoms with E-state index in [0.29, 0.717) is 5.57 Å². The molecule has 6 heteroatoms. The lowest BCUT2D eigenvalue weighted by atomic mass is 9.92. The monoisotopic (exact) mass is 224 g/mol. The molecule has 0 amide bonds. The number of carbonyl (C=O) groups excluding carboxylic acids is 1. The van der Waals surface area contributed by atoms with Crippen molar-refractivity contribution in [2.24, 2.45) is 0 Å². The summed E-state index contributed by atoms with van der Waals surface area (Å²) in [7, 11) is 0.910. The molecule has 1 aliphatic heterocycles. The number of hydrogen-bond donors (Lipinski definition) is 0. The van der Waals surface area contributed by atoms with Crippen molar-refractivity contribution in [3.63, 3.8) is 0 Å². The van der Waals surface area contributed by atoms with Crippen molar-refractivity contribution >= 4 is 5.97 Å². The maximum atomic E-state index is 12.8. The third-order valence-corrected chi connectivity index (χ3v) is 2.26. The fourth-order valence-corrected chi connectivity index (χ4v) is 1.44. The van der Waals surface area contributed by atoms with Crippen LogP contribution in [-0.2, 0) is 14.3 Å². The minimum absolute atomic E-state index is 0.236. The van der Waals surface area contributed by atoms with Gasteiger partial charge in [-0.3, -0.25) is 0 Å². The van der Waals surface area contributed by atoms with Crippen LogP contribution in [0.4, 0.5) is 13.2 Å². The molecule has 0 bridgehead atoms. The molecule has 1 aliphatic rings. The Kier molecular flexibility index (Phi) is 3.08. The summed E-state index contributed by atoms with van der Waals surface area (Å²) >= 11 is 0. The van der Waals surface area contributed by atoms with Crippen LogP contribution < -0.4 is 0 Å². The van der Waals surface area contributed by atoms with Gasteiger partial charge in [-0.1, -0.05) is 11.6 Å². The van der Waals surface area contributed by atoms with E-state index in [4.69, 9.17) is 0 Å². The van der Waals surface area contributed by atoms with E-state index in [0.717, 1.165) is 7.11 Å². The first-order chi connectivity index (χ1) is 6.83. The Balaban J connectivity index is 3.09. The molecule has 0 radical (unpaired) electrons. The van der Waals surface area contributed by atoms with Gasteiger partial charge in [0.1, 0.15) is 0 Å². The lowest BCUT2D eigenvalue weighted by Gasteiger charge is -2.35. The molecule has 0 aliphatic carbocycles. The molecular weight excluding hydrogens is 213 g/mol. The molecule has 86 valence electrons. The Labute approximate surface area is 84.8 Å². The van der Waals surface area contributed by atoms with Gasteiger partial charge < -0.3 is 9.47 Å². The van der Waals surface area contributed by atoms with Crippen molar-refractivity contribution in [2.75, 3.05) is 13.7 Å². The number of rotatable bonds is 1. The van der Waals surface area contributed by atoms with Gasteiger partial charge >= 0.3 is 12.1 Å². The van der Waals surface area contributed by atoms with Gasteiger partial charge in [-0.15, -0.1) is 0 Å². The zero-order valence-corrected chi connectivity index (χ0v) is 8.35. The van der Waals surface area contributed by atoms with Crippen LogP contribution in [0.5, 0.6) is 0 Å².